The molecule has 1 unspecified atom stereocenters. The Labute approximate surface area is 195 Å². The zero-order valence-corrected chi connectivity index (χ0v) is 19.6. The largest absolute Gasteiger partial charge is 0.326 e. The number of benzene rings is 2. The Bertz CT molecular complexity index is 1100. The molecule has 7 nitrogen and oxygen atoms in total. The molecule has 166 valence electrons. The predicted molar refractivity (Wildman–Crippen MR) is 132 cm³/mol. The smallest absolute Gasteiger partial charge is 0.239 e. The first kappa shape index (κ1) is 23.5. The fraction of sp³-hybridized carbons (Fsp3) is 0.217. The van der Waals surface area contributed by atoms with Crippen molar-refractivity contribution < 1.29 is 14.4 Å². The fourth-order valence-corrected chi connectivity index (χ4v) is 4.12. The van der Waals surface area contributed by atoms with Gasteiger partial charge in [-0.3, -0.25) is 14.4 Å². The van der Waals surface area contributed by atoms with E-state index in [0.717, 1.165) is 22.5 Å². The highest BCUT2D eigenvalue weighted by Gasteiger charge is 2.17. The van der Waals surface area contributed by atoms with E-state index in [2.05, 4.69) is 20.9 Å². The van der Waals surface area contributed by atoms with Crippen LogP contribution in [0, 0.1) is 6.92 Å². The molecule has 2 aromatic carbocycles. The molecule has 1 aromatic heterocycles. The first-order valence-corrected chi connectivity index (χ1v) is 11.9. The number of rotatable bonds is 8. The molecule has 0 aliphatic heterocycles. The number of carbonyl (C=O) groups excluding carboxylic acids is 3. The van der Waals surface area contributed by atoms with Crippen LogP contribution in [0.3, 0.4) is 0 Å². The Morgan fingerprint density at radius 1 is 0.969 bits per heavy atom. The second-order valence-corrected chi connectivity index (χ2v) is 9.34. The number of amides is 3. The van der Waals surface area contributed by atoms with Crippen LogP contribution >= 0.6 is 23.1 Å². The summed E-state index contributed by atoms with van der Waals surface area (Å²) in [6, 6.07) is 14.9. The molecule has 1 atom stereocenters. The molecule has 0 aliphatic rings. The number of anilines is 3. The number of thiazole rings is 1. The first-order valence-electron chi connectivity index (χ1n) is 9.92. The quantitative estimate of drug-likeness (QED) is 0.442. The van der Waals surface area contributed by atoms with Crippen LogP contribution in [0.15, 0.2) is 53.9 Å². The zero-order valence-electron chi connectivity index (χ0n) is 18.0. The molecule has 3 amide bonds. The molecule has 9 heteroatoms. The number of aryl methyl sites for hydroxylation is 1. The van der Waals surface area contributed by atoms with E-state index in [1.54, 1.807) is 19.1 Å². The van der Waals surface area contributed by atoms with Gasteiger partial charge in [0.05, 0.1) is 16.7 Å². The summed E-state index contributed by atoms with van der Waals surface area (Å²) in [5.41, 5.74) is 4.18. The van der Waals surface area contributed by atoms with Crippen LogP contribution in [-0.2, 0) is 14.4 Å². The van der Waals surface area contributed by atoms with E-state index in [4.69, 9.17) is 0 Å². The molecule has 0 bridgehead atoms. The van der Waals surface area contributed by atoms with E-state index in [9.17, 15) is 14.4 Å². The van der Waals surface area contributed by atoms with Crippen molar-refractivity contribution in [1.82, 2.24) is 4.98 Å². The number of carbonyl (C=O) groups is 3. The molecule has 0 saturated heterocycles. The van der Waals surface area contributed by atoms with Crippen molar-refractivity contribution in [2.75, 3.05) is 21.7 Å². The molecular formula is C23H24N4O3S2. The van der Waals surface area contributed by atoms with Gasteiger partial charge in [0, 0.05) is 29.2 Å². The normalized spacial score (nSPS) is 11.5. The monoisotopic (exact) mass is 468 g/mol. The highest BCUT2D eigenvalue weighted by molar-refractivity contribution is 8.01. The van der Waals surface area contributed by atoms with Crippen LogP contribution in [0.25, 0.3) is 11.3 Å². The van der Waals surface area contributed by atoms with Crippen molar-refractivity contribution in [3.63, 3.8) is 0 Å². The summed E-state index contributed by atoms with van der Waals surface area (Å²) in [5.74, 6) is -0.319. The fourth-order valence-electron chi connectivity index (χ4n) is 2.71. The van der Waals surface area contributed by atoms with Gasteiger partial charge in [-0.25, -0.2) is 4.98 Å². The molecule has 1 heterocycles. The van der Waals surface area contributed by atoms with Gasteiger partial charge in [0.1, 0.15) is 0 Å². The van der Waals surface area contributed by atoms with Gasteiger partial charge in [0.25, 0.3) is 0 Å². The van der Waals surface area contributed by atoms with Gasteiger partial charge < -0.3 is 16.0 Å². The maximum atomic E-state index is 12.5. The van der Waals surface area contributed by atoms with Crippen LogP contribution < -0.4 is 16.0 Å². The summed E-state index contributed by atoms with van der Waals surface area (Å²) in [7, 11) is 0. The topological polar surface area (TPSA) is 100 Å². The molecule has 3 aromatic rings. The summed E-state index contributed by atoms with van der Waals surface area (Å²) >= 11 is 2.59. The van der Waals surface area contributed by atoms with E-state index >= 15 is 0 Å². The maximum absolute atomic E-state index is 12.5. The molecule has 32 heavy (non-hydrogen) atoms. The molecule has 0 radical (unpaired) electrons. The Morgan fingerprint density at radius 3 is 2.25 bits per heavy atom. The SMILES string of the molecule is CC(=O)Nc1ccc(-c2csc(NC(=O)C(C)SCC(=O)Nc3ccc(C)cc3)n2)cc1. The lowest BCUT2D eigenvalue weighted by Crippen LogP contribution is -2.25. The van der Waals surface area contributed by atoms with Crippen LogP contribution in [0.2, 0.25) is 0 Å². The van der Waals surface area contributed by atoms with E-state index < -0.39 is 5.25 Å². The molecular weight excluding hydrogens is 444 g/mol. The van der Waals surface area contributed by atoms with Gasteiger partial charge >= 0.3 is 0 Å². The van der Waals surface area contributed by atoms with Gasteiger partial charge in [-0.2, -0.15) is 0 Å². The third-order valence-electron chi connectivity index (χ3n) is 4.40. The summed E-state index contributed by atoms with van der Waals surface area (Å²) in [6.07, 6.45) is 0. The molecule has 0 fully saturated rings. The van der Waals surface area contributed by atoms with Gasteiger partial charge in [-0.15, -0.1) is 23.1 Å². The second kappa shape index (κ2) is 10.9. The molecule has 3 N–H and O–H groups in total. The Morgan fingerprint density at radius 2 is 1.59 bits per heavy atom. The second-order valence-electron chi connectivity index (χ2n) is 7.15. The number of nitrogens with one attached hydrogen (secondary N) is 3. The van der Waals surface area contributed by atoms with Crippen molar-refractivity contribution >= 4 is 57.3 Å². The Kier molecular flexibility index (Phi) is 8.02. The van der Waals surface area contributed by atoms with Crippen molar-refractivity contribution in [3.8, 4) is 11.3 Å². The summed E-state index contributed by atoms with van der Waals surface area (Å²) in [6.45, 7) is 5.20. The summed E-state index contributed by atoms with van der Waals surface area (Å²) < 4.78 is 0. The minimum Gasteiger partial charge on any atom is -0.326 e. The van der Waals surface area contributed by atoms with Crippen LogP contribution in [0.4, 0.5) is 16.5 Å². The van der Waals surface area contributed by atoms with Gasteiger partial charge in [-0.05, 0) is 38.1 Å². The minimum atomic E-state index is -0.414. The summed E-state index contributed by atoms with van der Waals surface area (Å²) in [5, 5.41) is 10.3. The third kappa shape index (κ3) is 6.93. The standard InChI is InChI=1S/C23H24N4O3S2/c1-14-4-8-19(9-5-14)25-21(29)13-31-15(2)22(30)27-23-26-20(12-32-23)17-6-10-18(11-7-17)24-16(3)28/h4-12,15H,13H2,1-3H3,(H,24,28)(H,25,29)(H,26,27,30). The summed E-state index contributed by atoms with van der Waals surface area (Å²) in [4.78, 5) is 40.2. The molecule has 0 spiro atoms. The average Bonchev–Trinajstić information content (AvgIpc) is 3.22. The van der Waals surface area contributed by atoms with Gasteiger partial charge in [-0.1, -0.05) is 29.8 Å². The van der Waals surface area contributed by atoms with Crippen LogP contribution in [0.5, 0.6) is 0 Å². The average molecular weight is 469 g/mol. The van der Waals surface area contributed by atoms with Crippen molar-refractivity contribution in [3.05, 3.63) is 59.5 Å². The van der Waals surface area contributed by atoms with Gasteiger partial charge in [0.15, 0.2) is 5.13 Å². The van der Waals surface area contributed by atoms with Crippen molar-refractivity contribution in [2.24, 2.45) is 0 Å². The highest BCUT2D eigenvalue weighted by Crippen LogP contribution is 2.26. The van der Waals surface area contributed by atoms with E-state index in [-0.39, 0.29) is 23.5 Å². The predicted octanol–water partition coefficient (Wildman–Crippen LogP) is 4.78. The number of thioether (sulfide) groups is 1. The molecule has 3 rings (SSSR count). The lowest BCUT2D eigenvalue weighted by Gasteiger charge is -2.11. The highest BCUT2D eigenvalue weighted by atomic mass is 32.2. The Balaban J connectivity index is 1.49. The zero-order chi connectivity index (χ0) is 23.1. The van der Waals surface area contributed by atoms with E-state index in [0.29, 0.717) is 10.8 Å². The van der Waals surface area contributed by atoms with Crippen LogP contribution in [0.1, 0.15) is 19.4 Å². The van der Waals surface area contributed by atoms with Crippen LogP contribution in [-0.4, -0.2) is 33.7 Å². The number of aromatic nitrogens is 1. The van der Waals surface area contributed by atoms with E-state index in [1.165, 1.54) is 30.0 Å². The lowest BCUT2D eigenvalue weighted by molar-refractivity contribution is -0.115. The Hall–Kier alpha value is -3.17. The number of hydrogen-bond donors (Lipinski definition) is 3. The minimum absolute atomic E-state index is 0.129. The van der Waals surface area contributed by atoms with Crippen molar-refractivity contribution in [2.45, 2.75) is 26.0 Å². The van der Waals surface area contributed by atoms with Gasteiger partial charge in [0.2, 0.25) is 17.7 Å². The van der Waals surface area contributed by atoms with E-state index in [1.807, 2.05) is 48.7 Å². The van der Waals surface area contributed by atoms with Crippen molar-refractivity contribution in [1.29, 1.82) is 0 Å². The third-order valence-corrected chi connectivity index (χ3v) is 6.30. The molecule has 0 saturated carbocycles. The number of hydrogen-bond acceptors (Lipinski definition) is 6. The maximum Gasteiger partial charge on any atom is 0.239 e. The molecule has 0 aliphatic carbocycles. The number of nitrogens with zero attached hydrogens (tertiary/aromatic N) is 1. The first-order chi connectivity index (χ1) is 15.3. The lowest BCUT2D eigenvalue weighted by atomic mass is 10.1.